The van der Waals surface area contributed by atoms with Gasteiger partial charge in [-0.25, -0.2) is 13.1 Å². The van der Waals surface area contributed by atoms with Gasteiger partial charge in [-0.2, -0.15) is 0 Å². The van der Waals surface area contributed by atoms with Crippen molar-refractivity contribution in [1.82, 2.24) is 10.0 Å². The van der Waals surface area contributed by atoms with Crippen molar-refractivity contribution in [2.45, 2.75) is 23.3 Å². The van der Waals surface area contributed by atoms with Crippen molar-refractivity contribution in [2.24, 2.45) is 0 Å². The van der Waals surface area contributed by atoms with Gasteiger partial charge in [0, 0.05) is 19.0 Å². The standard InChI is InChI=1S/C17H21ClN2O3S/c1-23-12-17(9-4-10-19-17)11-20-24(21,22)16-14-6-3-2-5-13(14)7-8-15(16)18/h2-3,5-8,19-20H,4,9-12H2,1H3. The van der Waals surface area contributed by atoms with Crippen LogP contribution in [0.3, 0.4) is 0 Å². The van der Waals surface area contributed by atoms with Gasteiger partial charge < -0.3 is 10.1 Å². The molecule has 7 heteroatoms. The van der Waals surface area contributed by atoms with E-state index in [9.17, 15) is 8.42 Å². The van der Waals surface area contributed by atoms with Crippen LogP contribution in [0.5, 0.6) is 0 Å². The van der Waals surface area contributed by atoms with E-state index in [4.69, 9.17) is 16.3 Å². The Balaban J connectivity index is 1.92. The monoisotopic (exact) mass is 368 g/mol. The third-order valence-corrected chi connectivity index (χ3v) is 6.38. The van der Waals surface area contributed by atoms with Gasteiger partial charge in [-0.3, -0.25) is 0 Å². The van der Waals surface area contributed by atoms with Gasteiger partial charge in [-0.15, -0.1) is 0 Å². The highest BCUT2D eigenvalue weighted by atomic mass is 35.5. The quantitative estimate of drug-likeness (QED) is 0.822. The van der Waals surface area contributed by atoms with Crippen molar-refractivity contribution in [3.8, 4) is 0 Å². The first-order valence-corrected chi connectivity index (χ1v) is 9.74. The van der Waals surface area contributed by atoms with Crippen molar-refractivity contribution in [1.29, 1.82) is 0 Å². The summed E-state index contributed by atoms with van der Waals surface area (Å²) in [5, 5.41) is 5.05. The summed E-state index contributed by atoms with van der Waals surface area (Å²) in [6.45, 7) is 1.58. The molecule has 1 aliphatic rings. The maximum atomic E-state index is 12.9. The second kappa shape index (κ2) is 6.98. The minimum atomic E-state index is -3.74. The molecule has 130 valence electrons. The van der Waals surface area contributed by atoms with Gasteiger partial charge in [0.25, 0.3) is 0 Å². The molecule has 0 saturated carbocycles. The lowest BCUT2D eigenvalue weighted by Gasteiger charge is -2.29. The zero-order valence-electron chi connectivity index (χ0n) is 13.5. The van der Waals surface area contributed by atoms with Crippen LogP contribution in [0.2, 0.25) is 5.02 Å². The molecule has 0 bridgehead atoms. The van der Waals surface area contributed by atoms with E-state index in [-0.39, 0.29) is 22.0 Å². The number of sulfonamides is 1. The van der Waals surface area contributed by atoms with Crippen LogP contribution in [0, 0.1) is 0 Å². The van der Waals surface area contributed by atoms with Crippen LogP contribution in [0.1, 0.15) is 12.8 Å². The van der Waals surface area contributed by atoms with Crippen molar-refractivity contribution in [3.05, 3.63) is 41.4 Å². The van der Waals surface area contributed by atoms with Crippen LogP contribution >= 0.6 is 11.6 Å². The van der Waals surface area contributed by atoms with Crippen LogP contribution in [0.4, 0.5) is 0 Å². The highest BCUT2D eigenvalue weighted by Gasteiger charge is 2.35. The van der Waals surface area contributed by atoms with E-state index in [1.165, 1.54) is 0 Å². The third-order valence-electron chi connectivity index (χ3n) is 4.45. The van der Waals surface area contributed by atoms with Gasteiger partial charge in [0.1, 0.15) is 4.90 Å². The number of hydrogen-bond donors (Lipinski definition) is 2. The van der Waals surface area contributed by atoms with E-state index >= 15 is 0 Å². The molecule has 3 rings (SSSR count). The fraction of sp³-hybridized carbons (Fsp3) is 0.412. The minimum absolute atomic E-state index is 0.132. The highest BCUT2D eigenvalue weighted by molar-refractivity contribution is 7.89. The van der Waals surface area contributed by atoms with Crippen LogP contribution in [0.15, 0.2) is 41.3 Å². The number of nitrogens with one attached hydrogen (secondary N) is 2. The number of ether oxygens (including phenoxy) is 1. The maximum absolute atomic E-state index is 12.9. The molecule has 0 radical (unpaired) electrons. The SMILES string of the molecule is COCC1(CNS(=O)(=O)c2c(Cl)ccc3ccccc23)CCCN1. The van der Waals surface area contributed by atoms with E-state index in [1.54, 1.807) is 19.2 Å². The number of fused-ring (bicyclic) bond motifs is 1. The molecule has 2 aromatic carbocycles. The Hall–Kier alpha value is -1.18. The lowest BCUT2D eigenvalue weighted by atomic mass is 9.99. The third kappa shape index (κ3) is 3.43. The number of halogens is 1. The summed E-state index contributed by atoms with van der Waals surface area (Å²) >= 11 is 6.22. The number of hydrogen-bond acceptors (Lipinski definition) is 4. The van der Waals surface area contributed by atoms with Gasteiger partial charge in [-0.05, 0) is 30.8 Å². The Labute approximate surface area is 147 Å². The molecule has 5 nitrogen and oxygen atoms in total. The zero-order chi connectivity index (χ0) is 17.2. The Morgan fingerprint density at radius 2 is 2.08 bits per heavy atom. The number of rotatable bonds is 6. The Kier molecular flexibility index (Phi) is 5.13. The fourth-order valence-corrected chi connectivity index (χ4v) is 5.15. The zero-order valence-corrected chi connectivity index (χ0v) is 15.1. The lowest BCUT2D eigenvalue weighted by Crippen LogP contribution is -2.52. The molecule has 1 atom stereocenters. The molecule has 2 N–H and O–H groups in total. The Morgan fingerprint density at radius 1 is 1.29 bits per heavy atom. The first kappa shape index (κ1) is 17.6. The van der Waals surface area contributed by atoms with Crippen molar-refractivity contribution in [2.75, 3.05) is 26.8 Å². The number of methoxy groups -OCH3 is 1. The molecular formula is C17H21ClN2O3S. The van der Waals surface area contributed by atoms with Gasteiger partial charge >= 0.3 is 0 Å². The molecule has 1 unspecified atom stereocenters. The molecule has 0 spiro atoms. The van der Waals surface area contributed by atoms with E-state index < -0.39 is 10.0 Å². The summed E-state index contributed by atoms with van der Waals surface area (Å²) in [4.78, 5) is 0.132. The molecule has 1 saturated heterocycles. The molecule has 0 aliphatic carbocycles. The molecule has 1 aliphatic heterocycles. The first-order chi connectivity index (χ1) is 11.5. The number of benzene rings is 2. The van der Waals surface area contributed by atoms with Gasteiger partial charge in [0.05, 0.1) is 17.2 Å². The summed E-state index contributed by atoms with van der Waals surface area (Å²) in [5.41, 5.74) is -0.362. The summed E-state index contributed by atoms with van der Waals surface area (Å²) in [6.07, 6.45) is 1.87. The average molecular weight is 369 g/mol. The van der Waals surface area contributed by atoms with Crippen LogP contribution < -0.4 is 10.0 Å². The van der Waals surface area contributed by atoms with E-state index in [2.05, 4.69) is 10.0 Å². The van der Waals surface area contributed by atoms with Crippen molar-refractivity contribution < 1.29 is 13.2 Å². The summed E-state index contributed by atoms with van der Waals surface area (Å²) < 4.78 is 33.8. The van der Waals surface area contributed by atoms with Crippen LogP contribution in [0.25, 0.3) is 10.8 Å². The minimum Gasteiger partial charge on any atom is -0.383 e. The fourth-order valence-electron chi connectivity index (χ4n) is 3.26. The summed E-state index contributed by atoms with van der Waals surface area (Å²) in [6, 6.07) is 10.8. The van der Waals surface area contributed by atoms with Gasteiger partial charge in [0.2, 0.25) is 10.0 Å². The predicted octanol–water partition coefficient (Wildman–Crippen LogP) is 2.54. The molecule has 24 heavy (non-hydrogen) atoms. The second-order valence-corrected chi connectivity index (χ2v) is 8.28. The normalized spacial score (nSPS) is 21.4. The second-order valence-electron chi connectivity index (χ2n) is 6.17. The summed E-state index contributed by atoms with van der Waals surface area (Å²) in [5.74, 6) is 0. The van der Waals surface area contributed by atoms with Crippen LogP contribution in [-0.2, 0) is 14.8 Å². The van der Waals surface area contributed by atoms with E-state index in [1.807, 2.05) is 24.3 Å². The average Bonchev–Trinajstić information content (AvgIpc) is 3.02. The predicted molar refractivity (Wildman–Crippen MR) is 96.0 cm³/mol. The molecule has 1 heterocycles. The molecule has 1 fully saturated rings. The van der Waals surface area contributed by atoms with E-state index in [0.29, 0.717) is 12.0 Å². The maximum Gasteiger partial charge on any atom is 0.242 e. The smallest absolute Gasteiger partial charge is 0.242 e. The molecular weight excluding hydrogens is 348 g/mol. The van der Waals surface area contributed by atoms with E-state index in [0.717, 1.165) is 24.8 Å². The highest BCUT2D eigenvalue weighted by Crippen LogP contribution is 2.30. The molecule has 0 aromatic heterocycles. The topological polar surface area (TPSA) is 67.4 Å². The first-order valence-electron chi connectivity index (χ1n) is 7.88. The van der Waals surface area contributed by atoms with Crippen molar-refractivity contribution >= 4 is 32.4 Å². The molecule has 0 amide bonds. The molecule has 2 aromatic rings. The van der Waals surface area contributed by atoms with Crippen molar-refractivity contribution in [3.63, 3.8) is 0 Å². The largest absolute Gasteiger partial charge is 0.383 e. The van der Waals surface area contributed by atoms with Crippen LogP contribution in [-0.4, -0.2) is 40.8 Å². The van der Waals surface area contributed by atoms with Gasteiger partial charge in [-0.1, -0.05) is 41.9 Å². The summed E-state index contributed by atoms with van der Waals surface area (Å²) in [7, 11) is -2.12. The van der Waals surface area contributed by atoms with Gasteiger partial charge in [0.15, 0.2) is 0 Å². The Bertz CT molecular complexity index is 833. The Morgan fingerprint density at radius 3 is 2.79 bits per heavy atom. The lowest BCUT2D eigenvalue weighted by molar-refractivity contribution is 0.122.